The SMILES string of the molecule is CC(Nc1c(Cl)cc([N+](=O)[O-])cc1Cl)c1nncn1C. The van der Waals surface area contributed by atoms with Crippen LogP contribution in [0.3, 0.4) is 0 Å². The summed E-state index contributed by atoms with van der Waals surface area (Å²) in [4.78, 5) is 10.2. The van der Waals surface area contributed by atoms with Crippen LogP contribution in [0.15, 0.2) is 18.5 Å². The smallest absolute Gasteiger partial charge is 0.272 e. The highest BCUT2D eigenvalue weighted by Crippen LogP contribution is 2.36. The second-order valence-electron chi connectivity index (χ2n) is 4.21. The Morgan fingerprint density at radius 3 is 2.45 bits per heavy atom. The molecule has 0 spiro atoms. The molecule has 1 unspecified atom stereocenters. The summed E-state index contributed by atoms with van der Waals surface area (Å²) < 4.78 is 1.75. The van der Waals surface area contributed by atoms with Crippen molar-refractivity contribution in [1.82, 2.24) is 14.8 Å². The first kappa shape index (κ1) is 14.5. The molecule has 1 atom stereocenters. The van der Waals surface area contributed by atoms with E-state index in [1.165, 1.54) is 12.1 Å². The minimum atomic E-state index is -0.548. The van der Waals surface area contributed by atoms with E-state index < -0.39 is 4.92 Å². The molecule has 1 heterocycles. The minimum absolute atomic E-state index is 0.156. The van der Waals surface area contributed by atoms with E-state index in [4.69, 9.17) is 23.2 Å². The Kier molecular flexibility index (Phi) is 4.10. The molecular formula is C11H11Cl2N5O2. The third-order valence-electron chi connectivity index (χ3n) is 2.73. The van der Waals surface area contributed by atoms with E-state index in [-0.39, 0.29) is 21.8 Å². The maximum absolute atomic E-state index is 10.7. The number of hydrogen-bond donors (Lipinski definition) is 1. The van der Waals surface area contributed by atoms with Gasteiger partial charge < -0.3 is 9.88 Å². The number of halogens is 2. The maximum atomic E-state index is 10.7. The minimum Gasteiger partial charge on any atom is -0.373 e. The molecule has 0 saturated carbocycles. The molecule has 9 heteroatoms. The van der Waals surface area contributed by atoms with Crippen molar-refractivity contribution in [3.8, 4) is 0 Å². The van der Waals surface area contributed by atoms with Crippen molar-refractivity contribution in [2.75, 3.05) is 5.32 Å². The lowest BCUT2D eigenvalue weighted by Crippen LogP contribution is -2.12. The third kappa shape index (κ3) is 2.83. The molecule has 0 aliphatic carbocycles. The molecule has 1 aromatic heterocycles. The third-order valence-corrected chi connectivity index (χ3v) is 3.33. The van der Waals surface area contributed by atoms with Crippen LogP contribution >= 0.6 is 23.2 Å². The highest BCUT2D eigenvalue weighted by molar-refractivity contribution is 6.39. The van der Waals surface area contributed by atoms with Gasteiger partial charge >= 0.3 is 0 Å². The van der Waals surface area contributed by atoms with Gasteiger partial charge in [0, 0.05) is 19.2 Å². The molecular weight excluding hydrogens is 305 g/mol. The number of anilines is 1. The lowest BCUT2D eigenvalue weighted by molar-refractivity contribution is -0.384. The van der Waals surface area contributed by atoms with E-state index in [1.54, 1.807) is 10.9 Å². The Morgan fingerprint density at radius 1 is 1.40 bits per heavy atom. The second kappa shape index (κ2) is 5.64. The highest BCUT2D eigenvalue weighted by Gasteiger charge is 2.18. The first-order valence-corrected chi connectivity index (χ1v) is 6.39. The van der Waals surface area contributed by atoms with Crippen molar-refractivity contribution >= 4 is 34.6 Å². The van der Waals surface area contributed by atoms with E-state index in [1.807, 2.05) is 14.0 Å². The zero-order valence-electron chi connectivity index (χ0n) is 10.7. The van der Waals surface area contributed by atoms with Crippen molar-refractivity contribution in [2.45, 2.75) is 13.0 Å². The molecule has 0 aliphatic rings. The van der Waals surface area contributed by atoms with E-state index in [9.17, 15) is 10.1 Å². The molecule has 2 aromatic rings. The number of rotatable bonds is 4. The summed E-state index contributed by atoms with van der Waals surface area (Å²) in [5, 5.41) is 21.9. The summed E-state index contributed by atoms with van der Waals surface area (Å²) in [5.74, 6) is 0.690. The Hall–Kier alpha value is -1.86. The summed E-state index contributed by atoms with van der Waals surface area (Å²) in [7, 11) is 1.81. The van der Waals surface area contributed by atoms with Gasteiger partial charge in [0.25, 0.3) is 5.69 Å². The van der Waals surface area contributed by atoms with E-state index in [0.717, 1.165) is 0 Å². The zero-order valence-corrected chi connectivity index (χ0v) is 12.2. The van der Waals surface area contributed by atoms with E-state index in [2.05, 4.69) is 15.5 Å². The molecule has 1 N–H and O–H groups in total. The van der Waals surface area contributed by atoms with Crippen molar-refractivity contribution < 1.29 is 4.92 Å². The molecule has 0 amide bonds. The lowest BCUT2D eigenvalue weighted by Gasteiger charge is -2.16. The molecule has 0 saturated heterocycles. The summed E-state index contributed by atoms with van der Waals surface area (Å²) in [6.45, 7) is 1.86. The van der Waals surface area contributed by atoms with E-state index in [0.29, 0.717) is 11.5 Å². The van der Waals surface area contributed by atoms with Crippen LogP contribution in [0.5, 0.6) is 0 Å². The average Bonchev–Trinajstić information content (AvgIpc) is 2.79. The quantitative estimate of drug-likeness (QED) is 0.691. The van der Waals surface area contributed by atoms with Gasteiger partial charge in [-0.1, -0.05) is 23.2 Å². The van der Waals surface area contributed by atoms with Crippen LogP contribution in [0.25, 0.3) is 0 Å². The molecule has 106 valence electrons. The number of nitro groups is 1. The molecule has 0 aliphatic heterocycles. The van der Waals surface area contributed by atoms with Gasteiger partial charge in [-0.2, -0.15) is 0 Å². The fourth-order valence-electron chi connectivity index (χ4n) is 1.77. The Balaban J connectivity index is 2.30. The zero-order chi connectivity index (χ0) is 14.9. The number of nitrogens with one attached hydrogen (secondary N) is 1. The molecule has 7 nitrogen and oxygen atoms in total. The summed E-state index contributed by atoms with van der Waals surface area (Å²) in [5.41, 5.74) is 0.270. The number of hydrogen-bond acceptors (Lipinski definition) is 5. The van der Waals surface area contributed by atoms with Gasteiger partial charge in [-0.25, -0.2) is 0 Å². The topological polar surface area (TPSA) is 85.9 Å². The highest BCUT2D eigenvalue weighted by atomic mass is 35.5. The Labute approximate surface area is 124 Å². The first-order chi connectivity index (χ1) is 9.40. The van der Waals surface area contributed by atoms with Gasteiger partial charge in [0.15, 0.2) is 5.82 Å². The van der Waals surface area contributed by atoms with Crippen LogP contribution in [-0.2, 0) is 7.05 Å². The molecule has 20 heavy (non-hydrogen) atoms. The molecule has 1 aromatic carbocycles. The average molecular weight is 316 g/mol. The normalized spacial score (nSPS) is 12.2. The number of benzene rings is 1. The Bertz CT molecular complexity index is 635. The van der Waals surface area contributed by atoms with Crippen LogP contribution in [0.2, 0.25) is 10.0 Å². The van der Waals surface area contributed by atoms with Crippen LogP contribution in [-0.4, -0.2) is 19.7 Å². The van der Waals surface area contributed by atoms with Gasteiger partial charge in [-0.15, -0.1) is 10.2 Å². The monoisotopic (exact) mass is 315 g/mol. The largest absolute Gasteiger partial charge is 0.373 e. The van der Waals surface area contributed by atoms with Gasteiger partial charge in [0.1, 0.15) is 6.33 Å². The van der Waals surface area contributed by atoms with Gasteiger partial charge in [-0.05, 0) is 6.92 Å². The van der Waals surface area contributed by atoms with E-state index >= 15 is 0 Å². The fraction of sp³-hybridized carbons (Fsp3) is 0.273. The molecule has 2 rings (SSSR count). The summed E-state index contributed by atoms with van der Waals surface area (Å²) in [6, 6.07) is 2.29. The summed E-state index contributed by atoms with van der Waals surface area (Å²) >= 11 is 12.1. The van der Waals surface area contributed by atoms with Crippen LogP contribution in [0, 0.1) is 10.1 Å². The van der Waals surface area contributed by atoms with Gasteiger partial charge in [0.2, 0.25) is 0 Å². The van der Waals surface area contributed by atoms with Crippen molar-refractivity contribution in [3.63, 3.8) is 0 Å². The second-order valence-corrected chi connectivity index (χ2v) is 5.02. The maximum Gasteiger partial charge on any atom is 0.272 e. The van der Waals surface area contributed by atoms with Crippen LogP contribution < -0.4 is 5.32 Å². The van der Waals surface area contributed by atoms with Gasteiger partial charge in [0.05, 0.1) is 26.7 Å². The predicted molar refractivity (Wildman–Crippen MR) is 76.2 cm³/mol. The van der Waals surface area contributed by atoms with Crippen LogP contribution in [0.4, 0.5) is 11.4 Å². The lowest BCUT2D eigenvalue weighted by atomic mass is 10.2. The first-order valence-electron chi connectivity index (χ1n) is 5.64. The standard InChI is InChI=1S/C11H11Cl2N5O2/c1-6(11-16-14-5-17(11)2)15-10-8(12)3-7(18(19)20)4-9(10)13/h3-6,15H,1-2H3. The number of aromatic nitrogens is 3. The number of nitrogens with zero attached hydrogens (tertiary/aromatic N) is 4. The molecule has 0 radical (unpaired) electrons. The van der Waals surface area contributed by atoms with Crippen LogP contribution in [0.1, 0.15) is 18.8 Å². The van der Waals surface area contributed by atoms with Crippen molar-refractivity contribution in [2.24, 2.45) is 7.05 Å². The number of non-ortho nitro benzene ring substituents is 1. The number of aryl methyl sites for hydroxylation is 1. The fourth-order valence-corrected chi connectivity index (χ4v) is 2.35. The molecule has 0 fully saturated rings. The Morgan fingerprint density at radius 2 is 2.00 bits per heavy atom. The van der Waals surface area contributed by atoms with Crippen molar-refractivity contribution in [3.05, 3.63) is 44.4 Å². The summed E-state index contributed by atoms with van der Waals surface area (Å²) in [6.07, 6.45) is 1.58. The van der Waals surface area contributed by atoms with Crippen molar-refractivity contribution in [1.29, 1.82) is 0 Å². The predicted octanol–water partition coefficient (Wildman–Crippen LogP) is 3.20. The number of nitro benzene ring substituents is 1. The molecule has 0 bridgehead atoms. The van der Waals surface area contributed by atoms with Gasteiger partial charge in [-0.3, -0.25) is 10.1 Å².